The summed E-state index contributed by atoms with van der Waals surface area (Å²) < 4.78 is 4.19. The number of hydrogen-bond donors (Lipinski definition) is 1. The molecule has 9 aromatic rings. The number of imidazole rings is 2. The lowest BCUT2D eigenvalue weighted by molar-refractivity contribution is 0.136. The molecule has 0 aliphatic carbocycles. The monoisotopic (exact) mass is 748 g/mol. The molecular weight excluding hydrogens is 709 g/mol. The SMILES string of the molecule is OC(C#Cc1ccccc1)(c1cn(C(c2ccccc2)(c2ccccc2)c2ccccc2)cn1)c1cn(C(c2ccccc2)(c2ccccc2)c2ccccc2)cn1. The fraction of sp³-hybridized carbons (Fsp3) is 0.0566. The second-order valence-corrected chi connectivity index (χ2v) is 14.3. The lowest BCUT2D eigenvalue weighted by Gasteiger charge is -2.37. The quantitative estimate of drug-likeness (QED) is 0.112. The van der Waals surface area contributed by atoms with E-state index in [2.05, 4.69) is 167 Å². The second kappa shape index (κ2) is 15.5. The van der Waals surface area contributed by atoms with Gasteiger partial charge >= 0.3 is 0 Å². The lowest BCUT2D eigenvalue weighted by Crippen LogP contribution is -2.37. The maximum atomic E-state index is 13.3. The van der Waals surface area contributed by atoms with Crippen molar-refractivity contribution < 1.29 is 5.11 Å². The van der Waals surface area contributed by atoms with Crippen LogP contribution in [-0.4, -0.2) is 24.2 Å². The van der Waals surface area contributed by atoms with E-state index < -0.39 is 16.7 Å². The van der Waals surface area contributed by atoms with Gasteiger partial charge in [-0.25, -0.2) is 9.97 Å². The highest BCUT2D eigenvalue weighted by molar-refractivity contribution is 5.54. The minimum Gasteiger partial charge on any atom is -0.367 e. The van der Waals surface area contributed by atoms with Gasteiger partial charge in [-0.05, 0) is 51.4 Å². The van der Waals surface area contributed by atoms with Crippen LogP contribution in [0.3, 0.4) is 0 Å². The molecule has 7 aromatic carbocycles. The van der Waals surface area contributed by atoms with Crippen LogP contribution in [0.15, 0.2) is 237 Å². The Morgan fingerprint density at radius 3 is 0.897 bits per heavy atom. The number of hydrogen-bond acceptors (Lipinski definition) is 3. The van der Waals surface area contributed by atoms with Crippen molar-refractivity contribution in [3.8, 4) is 11.8 Å². The third-order valence-corrected chi connectivity index (χ3v) is 11.0. The number of benzene rings is 7. The van der Waals surface area contributed by atoms with Crippen LogP contribution in [0.1, 0.15) is 50.3 Å². The van der Waals surface area contributed by atoms with Crippen LogP contribution in [0.5, 0.6) is 0 Å². The van der Waals surface area contributed by atoms with Crippen molar-refractivity contribution >= 4 is 0 Å². The summed E-state index contributed by atoms with van der Waals surface area (Å²) in [5, 5.41) is 13.3. The maximum Gasteiger partial charge on any atom is 0.214 e. The first-order valence-electron chi connectivity index (χ1n) is 19.4. The number of aromatic nitrogens is 4. The molecule has 0 radical (unpaired) electrons. The largest absolute Gasteiger partial charge is 0.367 e. The van der Waals surface area contributed by atoms with Gasteiger partial charge in [0.05, 0.1) is 12.7 Å². The molecule has 5 heteroatoms. The molecule has 278 valence electrons. The first-order valence-corrected chi connectivity index (χ1v) is 19.4. The van der Waals surface area contributed by atoms with E-state index in [-0.39, 0.29) is 0 Å². The Morgan fingerprint density at radius 1 is 0.362 bits per heavy atom. The molecule has 0 unspecified atom stereocenters. The van der Waals surface area contributed by atoms with Crippen LogP contribution < -0.4 is 0 Å². The average Bonchev–Trinajstić information content (AvgIpc) is 4.02. The maximum absolute atomic E-state index is 13.3. The smallest absolute Gasteiger partial charge is 0.214 e. The summed E-state index contributed by atoms with van der Waals surface area (Å²) in [7, 11) is 0. The topological polar surface area (TPSA) is 55.9 Å². The standard InChI is InChI=1S/C53H40N4O/c58-51(37-36-42-22-8-1-9-23-42,49-38-56(40-54-49)52(43-24-10-2-11-25-43,44-26-12-3-13-27-44)45-28-14-4-15-29-45)50-39-57(41-55-50)53(46-30-16-5-17-31-46,47-32-18-6-19-33-47)48-34-20-7-21-35-48/h1-35,38-41,58H. The second-order valence-electron chi connectivity index (χ2n) is 14.3. The van der Waals surface area contributed by atoms with E-state index in [9.17, 15) is 5.11 Å². The molecule has 0 amide bonds. The molecule has 0 saturated carbocycles. The van der Waals surface area contributed by atoms with E-state index in [4.69, 9.17) is 9.97 Å². The molecule has 0 saturated heterocycles. The van der Waals surface area contributed by atoms with Crippen molar-refractivity contribution in [3.63, 3.8) is 0 Å². The third kappa shape index (κ3) is 6.23. The summed E-state index contributed by atoms with van der Waals surface area (Å²) >= 11 is 0. The van der Waals surface area contributed by atoms with Crippen molar-refractivity contribution in [2.45, 2.75) is 16.7 Å². The van der Waals surface area contributed by atoms with E-state index in [1.165, 1.54) is 0 Å². The molecule has 5 nitrogen and oxygen atoms in total. The summed E-state index contributed by atoms with van der Waals surface area (Å²) in [6.45, 7) is 0. The molecule has 0 aliphatic heterocycles. The molecular formula is C53H40N4O. The molecule has 0 fully saturated rings. The zero-order valence-corrected chi connectivity index (χ0v) is 31.8. The van der Waals surface area contributed by atoms with Gasteiger partial charge in [0.25, 0.3) is 0 Å². The molecule has 1 N–H and O–H groups in total. The zero-order chi connectivity index (χ0) is 39.3. The van der Waals surface area contributed by atoms with Gasteiger partial charge in [0, 0.05) is 18.0 Å². The summed E-state index contributed by atoms with van der Waals surface area (Å²) in [6.07, 6.45) is 7.45. The number of nitrogens with zero attached hydrogens (tertiary/aromatic N) is 4. The van der Waals surface area contributed by atoms with E-state index >= 15 is 0 Å². The van der Waals surface area contributed by atoms with Crippen LogP contribution in [0.4, 0.5) is 0 Å². The Kier molecular flexibility index (Phi) is 9.69. The molecule has 0 bridgehead atoms. The van der Waals surface area contributed by atoms with Crippen molar-refractivity contribution in [2.24, 2.45) is 0 Å². The number of aliphatic hydroxyl groups is 1. The van der Waals surface area contributed by atoms with Crippen molar-refractivity contribution in [3.05, 3.63) is 288 Å². The summed E-state index contributed by atoms with van der Waals surface area (Å²) in [5.74, 6) is 6.54. The predicted octanol–water partition coefficient (Wildman–Crippen LogP) is 10.0. The Bertz CT molecular complexity index is 2420. The van der Waals surface area contributed by atoms with Crippen molar-refractivity contribution in [1.29, 1.82) is 0 Å². The molecule has 2 aromatic heterocycles. The minimum atomic E-state index is -1.93. The summed E-state index contributed by atoms with van der Waals surface area (Å²) in [5.41, 5.74) is 4.08. The van der Waals surface area contributed by atoms with Crippen molar-refractivity contribution in [2.75, 3.05) is 0 Å². The van der Waals surface area contributed by atoms with E-state index in [1.54, 1.807) is 12.7 Å². The van der Waals surface area contributed by atoms with Gasteiger partial charge in [0.15, 0.2) is 0 Å². The normalized spacial score (nSPS) is 11.7. The highest BCUT2D eigenvalue weighted by atomic mass is 16.3. The Hall–Kier alpha value is -7.52. The minimum absolute atomic E-state index is 0.345. The van der Waals surface area contributed by atoms with Gasteiger partial charge < -0.3 is 14.2 Å². The van der Waals surface area contributed by atoms with Crippen LogP contribution in [-0.2, 0) is 16.7 Å². The Balaban J connectivity index is 1.29. The van der Waals surface area contributed by atoms with Crippen LogP contribution in [0.25, 0.3) is 0 Å². The molecule has 0 spiro atoms. The van der Waals surface area contributed by atoms with E-state index in [0.29, 0.717) is 11.4 Å². The van der Waals surface area contributed by atoms with E-state index in [1.807, 2.05) is 79.1 Å². The summed E-state index contributed by atoms with van der Waals surface area (Å²) in [4.78, 5) is 10.1. The summed E-state index contributed by atoms with van der Waals surface area (Å²) in [6, 6.07) is 72.2. The Labute approximate surface area is 339 Å². The highest BCUT2D eigenvalue weighted by Gasteiger charge is 2.44. The van der Waals surface area contributed by atoms with Crippen LogP contribution in [0, 0.1) is 11.8 Å². The number of rotatable bonds is 10. The van der Waals surface area contributed by atoms with Crippen LogP contribution in [0.2, 0.25) is 0 Å². The fourth-order valence-corrected chi connectivity index (χ4v) is 8.30. The molecule has 9 rings (SSSR count). The third-order valence-electron chi connectivity index (χ3n) is 11.0. The van der Waals surface area contributed by atoms with Crippen molar-refractivity contribution in [1.82, 2.24) is 19.1 Å². The van der Waals surface area contributed by atoms with Gasteiger partial charge in [-0.2, -0.15) is 0 Å². The molecule has 58 heavy (non-hydrogen) atoms. The van der Waals surface area contributed by atoms with Crippen LogP contribution >= 0.6 is 0 Å². The first-order chi connectivity index (χ1) is 28.6. The van der Waals surface area contributed by atoms with Gasteiger partial charge in [-0.15, -0.1) is 0 Å². The molecule has 2 heterocycles. The highest BCUT2D eigenvalue weighted by Crippen LogP contribution is 2.44. The fourth-order valence-electron chi connectivity index (χ4n) is 8.30. The Morgan fingerprint density at radius 2 is 0.621 bits per heavy atom. The first kappa shape index (κ1) is 36.1. The van der Waals surface area contributed by atoms with Gasteiger partial charge in [0.2, 0.25) is 5.60 Å². The van der Waals surface area contributed by atoms with Gasteiger partial charge in [0.1, 0.15) is 22.5 Å². The predicted molar refractivity (Wildman–Crippen MR) is 230 cm³/mol. The molecule has 0 atom stereocenters. The van der Waals surface area contributed by atoms with E-state index in [0.717, 1.165) is 38.9 Å². The lowest BCUT2D eigenvalue weighted by atomic mass is 9.76. The van der Waals surface area contributed by atoms with Gasteiger partial charge in [-0.3, -0.25) is 0 Å². The zero-order valence-electron chi connectivity index (χ0n) is 31.8. The van der Waals surface area contributed by atoms with Gasteiger partial charge in [-0.1, -0.05) is 206 Å². The molecule has 0 aliphatic rings. The average molecular weight is 749 g/mol.